The lowest BCUT2D eigenvalue weighted by Gasteiger charge is -2.09. The number of imidazole rings is 1. The predicted octanol–water partition coefficient (Wildman–Crippen LogP) is 5.94. The van der Waals surface area contributed by atoms with Gasteiger partial charge in [0.25, 0.3) is 0 Å². The van der Waals surface area contributed by atoms with Crippen molar-refractivity contribution in [1.29, 1.82) is 0 Å². The second kappa shape index (κ2) is 10.4. The maximum Gasteiger partial charge on any atom is 0.187 e. The van der Waals surface area contributed by atoms with Gasteiger partial charge in [0, 0.05) is 42.1 Å². The third-order valence-corrected chi connectivity index (χ3v) is 6.25. The highest BCUT2D eigenvalue weighted by molar-refractivity contribution is 7.17. The van der Waals surface area contributed by atoms with Crippen LogP contribution in [0.25, 0.3) is 0 Å². The molecule has 0 bridgehead atoms. The fraction of sp³-hybridized carbons (Fsp3) is 0.208. The highest BCUT2D eigenvalue weighted by Gasteiger charge is 2.15. The molecule has 0 saturated heterocycles. The Morgan fingerprint density at radius 2 is 2.12 bits per heavy atom. The average Bonchev–Trinajstić information content (AvgIpc) is 3.46. The van der Waals surface area contributed by atoms with Crippen LogP contribution in [0.2, 0.25) is 5.02 Å². The Labute approximate surface area is 195 Å². The molecule has 0 radical (unpaired) electrons. The number of aromatic nitrogens is 3. The molecule has 2 aromatic heterocycles. The molecule has 0 fully saturated rings. The molecule has 2 heterocycles. The van der Waals surface area contributed by atoms with Gasteiger partial charge in [-0.1, -0.05) is 41.1 Å². The first-order valence-electron chi connectivity index (χ1n) is 10.3. The zero-order valence-electron chi connectivity index (χ0n) is 17.6. The van der Waals surface area contributed by atoms with Crippen LogP contribution >= 0.6 is 22.9 Å². The van der Waals surface area contributed by atoms with Crippen LogP contribution in [0.3, 0.4) is 0 Å². The Morgan fingerprint density at radius 3 is 2.94 bits per heavy atom. The van der Waals surface area contributed by atoms with Gasteiger partial charge in [-0.3, -0.25) is 4.79 Å². The van der Waals surface area contributed by atoms with Gasteiger partial charge in [-0.2, -0.15) is 0 Å². The van der Waals surface area contributed by atoms with Crippen LogP contribution in [0.15, 0.2) is 67.4 Å². The van der Waals surface area contributed by atoms with Crippen molar-refractivity contribution in [1.82, 2.24) is 14.5 Å². The summed E-state index contributed by atoms with van der Waals surface area (Å²) in [5.74, 6) is 0.782. The van der Waals surface area contributed by atoms with Gasteiger partial charge in [0.1, 0.15) is 5.75 Å². The minimum atomic E-state index is 0.00160. The van der Waals surface area contributed by atoms with Crippen molar-refractivity contribution in [2.24, 2.45) is 0 Å². The summed E-state index contributed by atoms with van der Waals surface area (Å²) in [6, 6.07) is 13.4. The van der Waals surface area contributed by atoms with E-state index in [2.05, 4.69) is 15.3 Å². The van der Waals surface area contributed by atoms with E-state index in [0.717, 1.165) is 35.5 Å². The molecule has 0 aliphatic carbocycles. The monoisotopic (exact) mass is 466 g/mol. The molecule has 2 aromatic carbocycles. The predicted molar refractivity (Wildman–Crippen MR) is 128 cm³/mol. The molecular weight excluding hydrogens is 444 g/mol. The summed E-state index contributed by atoms with van der Waals surface area (Å²) in [5.41, 5.74) is 2.72. The molecule has 6 nitrogen and oxygen atoms in total. The number of anilines is 2. The van der Waals surface area contributed by atoms with Crippen molar-refractivity contribution in [2.75, 3.05) is 11.9 Å². The lowest BCUT2D eigenvalue weighted by Crippen LogP contribution is -2.03. The summed E-state index contributed by atoms with van der Waals surface area (Å²) in [5, 5.41) is 4.52. The quantitative estimate of drug-likeness (QED) is 0.231. The van der Waals surface area contributed by atoms with Gasteiger partial charge in [-0.25, -0.2) is 9.97 Å². The number of aryl methyl sites for hydroxylation is 2. The van der Waals surface area contributed by atoms with Crippen molar-refractivity contribution in [3.8, 4) is 5.75 Å². The van der Waals surface area contributed by atoms with Gasteiger partial charge in [-0.15, -0.1) is 0 Å². The molecule has 0 aliphatic rings. The third-order valence-electron chi connectivity index (χ3n) is 4.94. The van der Waals surface area contributed by atoms with E-state index in [0.29, 0.717) is 21.6 Å². The molecule has 1 N–H and O–H groups in total. The maximum absolute atomic E-state index is 12.7. The molecular formula is C24H23ClN4O2S. The molecule has 0 aliphatic heterocycles. The standard InChI is InChI=1S/C24H23ClN4O2S/c1-17-5-2-8-21(25)20(17)14-22(30)23-15-27-24(32-23)28-18-6-3-7-19(13-18)31-12-4-10-29-11-9-26-16-29/h2-3,5-9,11,13,15-16H,4,10,12,14H2,1H3,(H,27,28). The summed E-state index contributed by atoms with van der Waals surface area (Å²) in [6.45, 7) is 3.43. The van der Waals surface area contributed by atoms with Crippen LogP contribution in [-0.2, 0) is 13.0 Å². The Kier molecular flexibility index (Phi) is 7.19. The Balaban J connectivity index is 1.33. The SMILES string of the molecule is Cc1cccc(Cl)c1CC(=O)c1cnc(Nc2cccc(OCCCn3ccnc3)c2)s1. The number of carbonyl (C=O) groups excluding carboxylic acids is 1. The van der Waals surface area contributed by atoms with Gasteiger partial charge < -0.3 is 14.6 Å². The minimum absolute atomic E-state index is 0.00160. The largest absolute Gasteiger partial charge is 0.493 e. The first-order chi connectivity index (χ1) is 15.6. The van der Waals surface area contributed by atoms with Crippen LogP contribution < -0.4 is 10.1 Å². The average molecular weight is 467 g/mol. The Hall–Kier alpha value is -3.16. The first-order valence-corrected chi connectivity index (χ1v) is 11.5. The highest BCUT2D eigenvalue weighted by atomic mass is 35.5. The number of benzene rings is 2. The van der Waals surface area contributed by atoms with E-state index in [1.54, 1.807) is 18.7 Å². The molecule has 4 aromatic rings. The molecule has 8 heteroatoms. The lowest BCUT2D eigenvalue weighted by atomic mass is 10.0. The van der Waals surface area contributed by atoms with Crippen LogP contribution in [0, 0.1) is 6.92 Å². The van der Waals surface area contributed by atoms with Crippen molar-refractivity contribution < 1.29 is 9.53 Å². The van der Waals surface area contributed by atoms with Gasteiger partial charge in [0.05, 0.1) is 24.0 Å². The topological polar surface area (TPSA) is 69.0 Å². The fourth-order valence-electron chi connectivity index (χ4n) is 3.24. The Morgan fingerprint density at radius 1 is 1.25 bits per heavy atom. The number of thiazole rings is 1. The van der Waals surface area contributed by atoms with Gasteiger partial charge >= 0.3 is 0 Å². The van der Waals surface area contributed by atoms with Gasteiger partial charge in [-0.05, 0) is 42.7 Å². The van der Waals surface area contributed by atoms with Crippen molar-refractivity contribution in [3.05, 3.63) is 88.4 Å². The number of carbonyl (C=O) groups is 1. The van der Waals surface area contributed by atoms with E-state index in [1.165, 1.54) is 11.3 Å². The zero-order chi connectivity index (χ0) is 22.3. The van der Waals surface area contributed by atoms with Gasteiger partial charge in [0.2, 0.25) is 0 Å². The zero-order valence-corrected chi connectivity index (χ0v) is 19.2. The van der Waals surface area contributed by atoms with Crippen LogP contribution in [-0.4, -0.2) is 26.9 Å². The van der Waals surface area contributed by atoms with E-state index in [9.17, 15) is 4.79 Å². The normalized spacial score (nSPS) is 10.8. The number of rotatable bonds is 10. The molecule has 32 heavy (non-hydrogen) atoms. The molecule has 0 atom stereocenters. The molecule has 0 spiro atoms. The summed E-state index contributed by atoms with van der Waals surface area (Å²) < 4.78 is 7.88. The number of halogens is 1. The second-order valence-electron chi connectivity index (χ2n) is 7.32. The number of ketones is 1. The Bertz CT molecular complexity index is 1170. The van der Waals surface area contributed by atoms with E-state index in [4.69, 9.17) is 16.3 Å². The summed E-state index contributed by atoms with van der Waals surface area (Å²) in [4.78, 5) is 21.7. The van der Waals surface area contributed by atoms with Crippen LogP contribution in [0.1, 0.15) is 27.2 Å². The fourth-order valence-corrected chi connectivity index (χ4v) is 4.30. The van der Waals surface area contributed by atoms with E-state index < -0.39 is 0 Å². The number of ether oxygens (including phenoxy) is 1. The molecule has 4 rings (SSSR count). The molecule has 0 amide bonds. The lowest BCUT2D eigenvalue weighted by molar-refractivity contribution is 0.0996. The van der Waals surface area contributed by atoms with Gasteiger partial charge in [0.15, 0.2) is 10.9 Å². The van der Waals surface area contributed by atoms with Crippen LogP contribution in [0.4, 0.5) is 10.8 Å². The number of hydrogen-bond acceptors (Lipinski definition) is 6. The van der Waals surface area contributed by atoms with Crippen molar-refractivity contribution >= 4 is 39.5 Å². The first kappa shape index (κ1) is 22.0. The molecule has 0 unspecified atom stereocenters. The molecule has 0 saturated carbocycles. The van der Waals surface area contributed by atoms with Crippen molar-refractivity contribution in [2.45, 2.75) is 26.3 Å². The van der Waals surface area contributed by atoms with Crippen molar-refractivity contribution in [3.63, 3.8) is 0 Å². The van der Waals surface area contributed by atoms with Crippen LogP contribution in [0.5, 0.6) is 5.75 Å². The van der Waals surface area contributed by atoms with E-state index in [-0.39, 0.29) is 12.2 Å². The summed E-state index contributed by atoms with van der Waals surface area (Å²) in [7, 11) is 0. The highest BCUT2D eigenvalue weighted by Crippen LogP contribution is 2.27. The van der Waals surface area contributed by atoms with E-state index >= 15 is 0 Å². The number of nitrogens with zero attached hydrogens (tertiary/aromatic N) is 3. The summed E-state index contributed by atoms with van der Waals surface area (Å²) in [6.07, 6.45) is 8.26. The third kappa shape index (κ3) is 5.75. The van der Waals surface area contributed by atoms with E-state index in [1.807, 2.05) is 60.2 Å². The minimum Gasteiger partial charge on any atom is -0.493 e. The smallest absolute Gasteiger partial charge is 0.187 e. The molecule has 164 valence electrons. The number of nitrogens with one attached hydrogen (secondary N) is 1. The number of hydrogen-bond donors (Lipinski definition) is 1. The second-order valence-corrected chi connectivity index (χ2v) is 8.76. The summed E-state index contributed by atoms with van der Waals surface area (Å²) >= 11 is 7.60. The maximum atomic E-state index is 12.7. The number of Topliss-reactive ketones (excluding diaryl/α,β-unsaturated/α-hetero) is 1.